The van der Waals surface area contributed by atoms with E-state index < -0.39 is 17.1 Å². The number of amides is 3. The Morgan fingerprint density at radius 1 is 1.36 bits per heavy atom. The molecule has 4 nitrogen and oxygen atoms in total. The Bertz CT molecular complexity index is 564. The fourth-order valence-electron chi connectivity index (χ4n) is 2.31. The van der Waals surface area contributed by atoms with Gasteiger partial charge >= 0.3 is 6.03 Å². The number of hydrogen-bond acceptors (Lipinski definition) is 3. The van der Waals surface area contributed by atoms with Crippen LogP contribution in [0.1, 0.15) is 32.6 Å². The summed E-state index contributed by atoms with van der Waals surface area (Å²) >= 11 is 6.92. The van der Waals surface area contributed by atoms with Gasteiger partial charge in [0.1, 0.15) is 5.82 Å². The van der Waals surface area contributed by atoms with Gasteiger partial charge in [0.05, 0.1) is 10.3 Å². The normalized spacial score (nSPS) is 16.3. The standard InChI is InChI=1S/C15H18ClFN2O2S/c1-9(22-11-6-7-13(17)12(16)8-11)14(20)19-15(21)18-10-4-2-3-5-10/h6-10H,2-5H2,1H3,(H2,18,19,20,21)/t9-/m1/s1. The van der Waals surface area contributed by atoms with Gasteiger partial charge in [-0.1, -0.05) is 24.4 Å². The first-order valence-electron chi connectivity index (χ1n) is 7.19. The molecule has 0 aliphatic heterocycles. The highest BCUT2D eigenvalue weighted by Gasteiger charge is 2.21. The van der Waals surface area contributed by atoms with Crippen LogP contribution in [0.3, 0.4) is 0 Å². The Balaban J connectivity index is 1.83. The molecule has 2 rings (SSSR count). The average Bonchev–Trinajstić information content (AvgIpc) is 2.95. The molecule has 0 heterocycles. The van der Waals surface area contributed by atoms with Gasteiger partial charge in [0, 0.05) is 10.9 Å². The first-order valence-corrected chi connectivity index (χ1v) is 8.44. The second-order valence-electron chi connectivity index (χ2n) is 5.28. The molecule has 1 saturated carbocycles. The number of nitrogens with one attached hydrogen (secondary N) is 2. The van der Waals surface area contributed by atoms with Crippen molar-refractivity contribution in [1.82, 2.24) is 10.6 Å². The van der Waals surface area contributed by atoms with Gasteiger partial charge in [-0.15, -0.1) is 11.8 Å². The van der Waals surface area contributed by atoms with Gasteiger partial charge in [0.2, 0.25) is 5.91 Å². The maximum absolute atomic E-state index is 13.1. The fraction of sp³-hybridized carbons (Fsp3) is 0.467. The highest BCUT2D eigenvalue weighted by Crippen LogP contribution is 2.27. The molecule has 1 aromatic rings. The lowest BCUT2D eigenvalue weighted by Crippen LogP contribution is -2.45. The van der Waals surface area contributed by atoms with Crippen LogP contribution in [-0.2, 0) is 4.79 Å². The monoisotopic (exact) mass is 344 g/mol. The van der Waals surface area contributed by atoms with Crippen LogP contribution in [0.2, 0.25) is 5.02 Å². The Morgan fingerprint density at radius 3 is 2.68 bits per heavy atom. The lowest BCUT2D eigenvalue weighted by atomic mass is 10.2. The van der Waals surface area contributed by atoms with Crippen molar-refractivity contribution in [2.45, 2.75) is 48.8 Å². The van der Waals surface area contributed by atoms with Crippen molar-refractivity contribution in [2.75, 3.05) is 0 Å². The van der Waals surface area contributed by atoms with Crippen molar-refractivity contribution < 1.29 is 14.0 Å². The first-order chi connectivity index (χ1) is 10.5. The number of halogens is 2. The van der Waals surface area contributed by atoms with Crippen LogP contribution in [0.25, 0.3) is 0 Å². The van der Waals surface area contributed by atoms with Crippen molar-refractivity contribution in [2.24, 2.45) is 0 Å². The summed E-state index contributed by atoms with van der Waals surface area (Å²) in [6, 6.07) is 3.97. The third-order valence-corrected chi connectivity index (χ3v) is 4.88. The van der Waals surface area contributed by atoms with E-state index in [0.29, 0.717) is 4.90 Å². The molecule has 120 valence electrons. The van der Waals surface area contributed by atoms with Gasteiger partial charge in [0.15, 0.2) is 0 Å². The topological polar surface area (TPSA) is 58.2 Å². The quantitative estimate of drug-likeness (QED) is 0.818. The molecule has 1 aromatic carbocycles. The van der Waals surface area contributed by atoms with Crippen molar-refractivity contribution in [3.8, 4) is 0 Å². The van der Waals surface area contributed by atoms with Gasteiger partial charge in [-0.05, 0) is 38.0 Å². The Labute approximate surface area is 138 Å². The molecule has 0 radical (unpaired) electrons. The van der Waals surface area contributed by atoms with Gasteiger partial charge in [0.25, 0.3) is 0 Å². The average molecular weight is 345 g/mol. The molecule has 1 aliphatic carbocycles. The lowest BCUT2D eigenvalue weighted by molar-refractivity contribution is -0.119. The molecule has 0 aromatic heterocycles. The summed E-state index contributed by atoms with van der Waals surface area (Å²) in [5.74, 6) is -0.889. The third-order valence-electron chi connectivity index (χ3n) is 3.50. The molecule has 1 aliphatic rings. The molecule has 22 heavy (non-hydrogen) atoms. The van der Waals surface area contributed by atoms with Crippen LogP contribution in [0, 0.1) is 5.82 Å². The first kappa shape index (κ1) is 17.1. The summed E-state index contributed by atoms with van der Waals surface area (Å²) in [4.78, 5) is 24.4. The minimum Gasteiger partial charge on any atom is -0.335 e. The Morgan fingerprint density at radius 2 is 2.05 bits per heavy atom. The van der Waals surface area contributed by atoms with Gasteiger partial charge < -0.3 is 5.32 Å². The van der Waals surface area contributed by atoms with E-state index in [1.54, 1.807) is 13.0 Å². The number of rotatable bonds is 4. The van der Waals surface area contributed by atoms with E-state index >= 15 is 0 Å². The molecule has 3 amide bonds. The SMILES string of the molecule is C[C@@H](Sc1ccc(F)c(Cl)c1)C(=O)NC(=O)NC1CCCC1. The van der Waals surface area contributed by atoms with E-state index in [1.807, 2.05) is 0 Å². The van der Waals surface area contributed by atoms with E-state index in [9.17, 15) is 14.0 Å². The predicted octanol–water partition coefficient (Wildman–Crippen LogP) is 3.73. The fourth-order valence-corrected chi connectivity index (χ4v) is 3.46. The van der Waals surface area contributed by atoms with E-state index in [1.165, 1.54) is 23.9 Å². The summed E-state index contributed by atoms with van der Waals surface area (Å²) in [7, 11) is 0. The Kier molecular flexibility index (Phi) is 6.08. The van der Waals surface area contributed by atoms with Crippen LogP contribution in [0.5, 0.6) is 0 Å². The molecule has 7 heteroatoms. The molecule has 0 unspecified atom stereocenters. The van der Waals surface area contributed by atoms with Gasteiger partial charge in [-0.25, -0.2) is 9.18 Å². The van der Waals surface area contributed by atoms with Crippen LogP contribution >= 0.6 is 23.4 Å². The Hall–Kier alpha value is -1.27. The second-order valence-corrected chi connectivity index (χ2v) is 7.10. The molecule has 0 bridgehead atoms. The zero-order valence-electron chi connectivity index (χ0n) is 12.2. The van der Waals surface area contributed by atoms with Gasteiger partial charge in [-0.2, -0.15) is 0 Å². The zero-order valence-corrected chi connectivity index (χ0v) is 13.8. The highest BCUT2D eigenvalue weighted by atomic mass is 35.5. The largest absolute Gasteiger partial charge is 0.335 e. The molecule has 2 N–H and O–H groups in total. The molecular weight excluding hydrogens is 327 g/mol. The maximum atomic E-state index is 13.1. The number of carbonyl (C=O) groups excluding carboxylic acids is 2. The summed E-state index contributed by atoms with van der Waals surface area (Å²) < 4.78 is 13.1. The summed E-state index contributed by atoms with van der Waals surface area (Å²) in [5.41, 5.74) is 0. The predicted molar refractivity (Wildman–Crippen MR) is 85.7 cm³/mol. The highest BCUT2D eigenvalue weighted by molar-refractivity contribution is 8.00. The number of urea groups is 1. The summed E-state index contributed by atoms with van der Waals surface area (Å²) in [5, 5.41) is 4.65. The van der Waals surface area contributed by atoms with Crippen molar-refractivity contribution in [1.29, 1.82) is 0 Å². The minimum atomic E-state index is -0.501. The van der Waals surface area contributed by atoms with Crippen LogP contribution in [0.4, 0.5) is 9.18 Å². The molecule has 1 fully saturated rings. The maximum Gasteiger partial charge on any atom is 0.321 e. The van der Waals surface area contributed by atoms with Crippen molar-refractivity contribution in [3.63, 3.8) is 0 Å². The van der Waals surface area contributed by atoms with Crippen LogP contribution < -0.4 is 10.6 Å². The molecular formula is C15H18ClFN2O2S. The van der Waals surface area contributed by atoms with E-state index in [2.05, 4.69) is 10.6 Å². The van der Waals surface area contributed by atoms with E-state index in [0.717, 1.165) is 25.7 Å². The van der Waals surface area contributed by atoms with Gasteiger partial charge in [-0.3, -0.25) is 10.1 Å². The van der Waals surface area contributed by atoms with Crippen molar-refractivity contribution >= 4 is 35.3 Å². The summed E-state index contributed by atoms with van der Waals surface area (Å²) in [6.07, 6.45) is 4.13. The molecule has 0 saturated heterocycles. The van der Waals surface area contributed by atoms with Crippen LogP contribution in [-0.4, -0.2) is 23.2 Å². The van der Waals surface area contributed by atoms with E-state index in [4.69, 9.17) is 11.6 Å². The summed E-state index contributed by atoms with van der Waals surface area (Å²) in [6.45, 7) is 1.68. The number of carbonyl (C=O) groups is 2. The lowest BCUT2D eigenvalue weighted by Gasteiger charge is -2.15. The zero-order chi connectivity index (χ0) is 16.1. The smallest absolute Gasteiger partial charge is 0.321 e. The second kappa shape index (κ2) is 7.83. The number of imide groups is 1. The number of benzene rings is 1. The van der Waals surface area contributed by atoms with Crippen molar-refractivity contribution in [3.05, 3.63) is 29.0 Å². The number of thioether (sulfide) groups is 1. The molecule has 1 atom stereocenters. The van der Waals surface area contributed by atoms with Crippen LogP contribution in [0.15, 0.2) is 23.1 Å². The third kappa shape index (κ3) is 4.88. The minimum absolute atomic E-state index is 0.0107. The number of hydrogen-bond donors (Lipinski definition) is 2. The van der Waals surface area contributed by atoms with E-state index in [-0.39, 0.29) is 17.0 Å². The molecule has 0 spiro atoms.